The molecule has 0 saturated carbocycles. The summed E-state index contributed by atoms with van der Waals surface area (Å²) >= 11 is 0. The number of hydrogen-bond donors (Lipinski definition) is 1. The van der Waals surface area contributed by atoms with Crippen molar-refractivity contribution < 1.29 is 14.1 Å². The summed E-state index contributed by atoms with van der Waals surface area (Å²) in [6.07, 6.45) is 3.98. The van der Waals surface area contributed by atoms with E-state index in [1.165, 1.54) is 0 Å². The van der Waals surface area contributed by atoms with Gasteiger partial charge >= 0.3 is 6.03 Å². The lowest BCUT2D eigenvalue weighted by Crippen LogP contribution is -2.42. The molecule has 4 rings (SSSR count). The summed E-state index contributed by atoms with van der Waals surface area (Å²) in [5.41, 5.74) is 2.05. The van der Waals surface area contributed by atoms with Crippen LogP contribution in [0.25, 0.3) is 11.4 Å². The molecule has 26 heavy (non-hydrogen) atoms. The average Bonchev–Trinajstić information content (AvgIpc) is 3.40. The molecule has 1 aromatic heterocycles. The van der Waals surface area contributed by atoms with Crippen LogP contribution in [0.2, 0.25) is 0 Å². The molecule has 2 aliphatic heterocycles. The third kappa shape index (κ3) is 3.44. The highest BCUT2D eigenvalue weighted by Gasteiger charge is 2.34. The van der Waals surface area contributed by atoms with Crippen LogP contribution in [0, 0.1) is 6.92 Å². The zero-order chi connectivity index (χ0) is 17.9. The van der Waals surface area contributed by atoms with Crippen LogP contribution in [0.5, 0.6) is 0 Å². The van der Waals surface area contributed by atoms with Gasteiger partial charge in [0.25, 0.3) is 0 Å². The Labute approximate surface area is 152 Å². The summed E-state index contributed by atoms with van der Waals surface area (Å²) in [6.45, 7) is 4.06. The fraction of sp³-hybridized carbons (Fsp3) is 0.526. The molecule has 2 amide bonds. The third-order valence-corrected chi connectivity index (χ3v) is 5.13. The lowest BCUT2D eigenvalue weighted by atomic mass is 10.1. The number of carbonyl (C=O) groups is 1. The molecule has 0 unspecified atom stereocenters. The number of hydrogen-bond acceptors (Lipinski definition) is 5. The molecule has 2 saturated heterocycles. The van der Waals surface area contributed by atoms with Crippen molar-refractivity contribution in [3.8, 4) is 11.4 Å². The maximum atomic E-state index is 12.6. The van der Waals surface area contributed by atoms with Gasteiger partial charge in [-0.3, -0.25) is 0 Å². The molecule has 138 valence electrons. The number of benzene rings is 1. The van der Waals surface area contributed by atoms with Gasteiger partial charge < -0.3 is 19.5 Å². The lowest BCUT2D eigenvalue weighted by molar-refractivity contribution is 0.108. The van der Waals surface area contributed by atoms with E-state index in [2.05, 4.69) is 15.5 Å². The Morgan fingerprint density at radius 1 is 1.31 bits per heavy atom. The maximum absolute atomic E-state index is 12.6. The quantitative estimate of drug-likeness (QED) is 0.910. The van der Waals surface area contributed by atoms with Crippen molar-refractivity contribution in [1.82, 2.24) is 20.4 Å². The largest absolute Gasteiger partial charge is 0.376 e. The van der Waals surface area contributed by atoms with Crippen molar-refractivity contribution in [2.45, 2.75) is 44.8 Å². The van der Waals surface area contributed by atoms with Crippen molar-refractivity contribution in [2.75, 3.05) is 19.7 Å². The van der Waals surface area contributed by atoms with Crippen LogP contribution in [-0.2, 0) is 4.74 Å². The van der Waals surface area contributed by atoms with Gasteiger partial charge in [0.15, 0.2) is 0 Å². The number of aromatic nitrogens is 2. The first-order valence-corrected chi connectivity index (χ1v) is 9.28. The monoisotopic (exact) mass is 356 g/mol. The van der Waals surface area contributed by atoms with E-state index < -0.39 is 0 Å². The van der Waals surface area contributed by atoms with E-state index in [-0.39, 0.29) is 18.2 Å². The molecule has 0 spiro atoms. The molecule has 2 aliphatic rings. The zero-order valence-electron chi connectivity index (χ0n) is 15.0. The molecule has 7 heteroatoms. The number of nitrogens with one attached hydrogen (secondary N) is 1. The predicted molar refractivity (Wildman–Crippen MR) is 95.5 cm³/mol. The summed E-state index contributed by atoms with van der Waals surface area (Å²) in [5, 5.41) is 7.12. The topological polar surface area (TPSA) is 80.5 Å². The van der Waals surface area contributed by atoms with Crippen LogP contribution in [0.15, 0.2) is 28.8 Å². The number of likely N-dealkylation sites (tertiary alicyclic amines) is 1. The molecule has 1 aromatic carbocycles. The van der Waals surface area contributed by atoms with Crippen molar-refractivity contribution >= 4 is 6.03 Å². The van der Waals surface area contributed by atoms with Crippen molar-refractivity contribution in [3.05, 3.63) is 35.7 Å². The Bertz CT molecular complexity index is 770. The molecule has 3 heterocycles. The first-order valence-electron chi connectivity index (χ1n) is 9.28. The molecule has 0 aliphatic carbocycles. The van der Waals surface area contributed by atoms with E-state index in [1.54, 1.807) is 4.90 Å². The van der Waals surface area contributed by atoms with E-state index in [4.69, 9.17) is 9.26 Å². The molecular weight excluding hydrogens is 332 g/mol. The van der Waals surface area contributed by atoms with Crippen LogP contribution in [0.3, 0.4) is 0 Å². The second-order valence-electron chi connectivity index (χ2n) is 6.94. The van der Waals surface area contributed by atoms with E-state index in [9.17, 15) is 4.79 Å². The Balaban J connectivity index is 1.45. The van der Waals surface area contributed by atoms with Crippen LogP contribution >= 0.6 is 0 Å². The maximum Gasteiger partial charge on any atom is 0.318 e. The van der Waals surface area contributed by atoms with Gasteiger partial charge in [0.2, 0.25) is 11.7 Å². The SMILES string of the molecule is Cc1ccccc1-c1noc([C@@H]2CCCN2C(=O)NC[C@@H]2CCCO2)n1. The summed E-state index contributed by atoms with van der Waals surface area (Å²) < 4.78 is 11.1. The molecule has 1 N–H and O–H groups in total. The van der Waals surface area contributed by atoms with Crippen LogP contribution in [0.1, 0.15) is 43.2 Å². The standard InChI is InChI=1S/C19H24N4O3/c1-13-6-2-3-8-15(13)17-21-18(26-22-17)16-9-4-10-23(16)19(24)20-12-14-7-5-11-25-14/h2-3,6,8,14,16H,4-5,7,9-12H2,1H3,(H,20,24)/t14-,16-/m0/s1. The third-order valence-electron chi connectivity index (χ3n) is 5.13. The Morgan fingerprint density at radius 2 is 2.19 bits per heavy atom. The van der Waals surface area contributed by atoms with Crippen molar-refractivity contribution in [3.63, 3.8) is 0 Å². The molecule has 0 radical (unpaired) electrons. The number of carbonyl (C=O) groups excluding carboxylic acids is 1. The first-order chi connectivity index (χ1) is 12.7. The fourth-order valence-corrected chi connectivity index (χ4v) is 3.68. The summed E-state index contributed by atoms with van der Waals surface area (Å²) in [5.74, 6) is 1.08. The minimum absolute atomic E-state index is 0.0846. The molecule has 0 bridgehead atoms. The number of aryl methyl sites for hydroxylation is 1. The van der Waals surface area contributed by atoms with Gasteiger partial charge in [-0.1, -0.05) is 29.4 Å². The fourth-order valence-electron chi connectivity index (χ4n) is 3.68. The smallest absolute Gasteiger partial charge is 0.318 e. The normalized spacial score (nSPS) is 22.7. The van der Waals surface area contributed by atoms with Gasteiger partial charge in [-0.25, -0.2) is 4.79 Å². The highest BCUT2D eigenvalue weighted by molar-refractivity contribution is 5.75. The van der Waals surface area contributed by atoms with Gasteiger partial charge in [0.1, 0.15) is 6.04 Å². The van der Waals surface area contributed by atoms with Crippen LogP contribution in [-0.4, -0.2) is 46.9 Å². The molecule has 2 aromatic rings. The summed E-state index contributed by atoms with van der Waals surface area (Å²) in [6, 6.07) is 7.69. The second-order valence-corrected chi connectivity index (χ2v) is 6.94. The number of nitrogens with zero attached hydrogens (tertiary/aromatic N) is 3. The first kappa shape index (κ1) is 17.0. The molecule has 2 atom stereocenters. The summed E-state index contributed by atoms with van der Waals surface area (Å²) in [7, 11) is 0. The predicted octanol–water partition coefficient (Wildman–Crippen LogP) is 3.07. The Hall–Kier alpha value is -2.41. The minimum Gasteiger partial charge on any atom is -0.376 e. The molecule has 2 fully saturated rings. The minimum atomic E-state index is -0.162. The van der Waals surface area contributed by atoms with Gasteiger partial charge in [0, 0.05) is 25.3 Å². The second kappa shape index (κ2) is 7.45. The van der Waals surface area contributed by atoms with Gasteiger partial charge in [-0.15, -0.1) is 0 Å². The molecule has 7 nitrogen and oxygen atoms in total. The van der Waals surface area contributed by atoms with Crippen molar-refractivity contribution in [1.29, 1.82) is 0 Å². The number of rotatable bonds is 4. The summed E-state index contributed by atoms with van der Waals surface area (Å²) in [4.78, 5) is 19.0. The van der Waals surface area contributed by atoms with E-state index in [1.807, 2.05) is 31.2 Å². The van der Waals surface area contributed by atoms with E-state index >= 15 is 0 Å². The number of amides is 2. The zero-order valence-corrected chi connectivity index (χ0v) is 15.0. The number of ether oxygens (including phenoxy) is 1. The number of urea groups is 1. The van der Waals surface area contributed by atoms with Crippen molar-refractivity contribution in [2.24, 2.45) is 0 Å². The Kier molecular flexibility index (Phi) is 4.88. The van der Waals surface area contributed by atoms with Crippen LogP contribution < -0.4 is 5.32 Å². The van der Waals surface area contributed by atoms with E-state index in [0.717, 1.165) is 43.4 Å². The lowest BCUT2D eigenvalue weighted by Gasteiger charge is -2.23. The van der Waals surface area contributed by atoms with Gasteiger partial charge in [-0.2, -0.15) is 4.98 Å². The van der Waals surface area contributed by atoms with E-state index in [0.29, 0.717) is 24.8 Å². The molecular formula is C19H24N4O3. The highest BCUT2D eigenvalue weighted by atomic mass is 16.5. The van der Waals surface area contributed by atoms with Gasteiger partial charge in [0.05, 0.1) is 6.10 Å². The highest BCUT2D eigenvalue weighted by Crippen LogP contribution is 2.32. The average molecular weight is 356 g/mol. The van der Waals surface area contributed by atoms with Crippen LogP contribution in [0.4, 0.5) is 4.79 Å². The Morgan fingerprint density at radius 3 is 3.00 bits per heavy atom. The van der Waals surface area contributed by atoms with Gasteiger partial charge in [-0.05, 0) is 38.2 Å².